The fourth-order valence-electron chi connectivity index (χ4n) is 1.28. The molecule has 0 aliphatic rings. The molecule has 0 saturated heterocycles. The molecule has 0 amide bonds. The summed E-state index contributed by atoms with van der Waals surface area (Å²) in [5.41, 5.74) is 2.62. The lowest BCUT2D eigenvalue weighted by atomic mass is 10.0. The van der Waals surface area contributed by atoms with E-state index in [1.807, 2.05) is 32.0 Å². The Labute approximate surface area is 103 Å². The molecule has 0 N–H and O–H groups in total. The molecular weight excluding hydrogens is 273 g/mol. The van der Waals surface area contributed by atoms with Crippen LogP contribution < -0.4 is 0 Å². The first-order valence-corrected chi connectivity index (χ1v) is 5.82. The maximum absolute atomic E-state index is 8.91. The average Bonchev–Trinajstić information content (AvgIpc) is 2.23. The van der Waals surface area contributed by atoms with E-state index >= 15 is 0 Å². The zero-order chi connectivity index (χ0) is 11.4. The van der Waals surface area contributed by atoms with E-state index in [-0.39, 0.29) is 0 Å². The van der Waals surface area contributed by atoms with Crippen LogP contribution in [0.15, 0.2) is 28.2 Å². The molecule has 0 atom stereocenters. The summed E-state index contributed by atoms with van der Waals surface area (Å²) < 4.78 is 0.967. The normalized spacial score (nSPS) is 11.9. The van der Waals surface area contributed by atoms with Crippen molar-refractivity contribution < 1.29 is 0 Å². The number of hydrogen-bond donors (Lipinski definition) is 0. The molecule has 78 valence electrons. The van der Waals surface area contributed by atoms with E-state index in [4.69, 9.17) is 16.9 Å². The molecule has 0 heterocycles. The summed E-state index contributed by atoms with van der Waals surface area (Å²) in [6, 6.07) is 8.00. The zero-order valence-corrected chi connectivity index (χ0v) is 11.0. The number of aryl methyl sites for hydroxylation is 1. The van der Waals surface area contributed by atoms with E-state index in [0.29, 0.717) is 17.0 Å². The SMILES string of the molecule is CCC(C#N)=C(Cl)c1cc(Br)ccc1C. The zero-order valence-electron chi connectivity index (χ0n) is 8.64. The molecule has 0 bridgehead atoms. The van der Waals surface area contributed by atoms with Gasteiger partial charge in [0.25, 0.3) is 0 Å². The van der Waals surface area contributed by atoms with Gasteiger partial charge >= 0.3 is 0 Å². The fraction of sp³-hybridized carbons (Fsp3) is 0.250. The van der Waals surface area contributed by atoms with Gasteiger partial charge in [0.2, 0.25) is 0 Å². The minimum atomic E-state index is 0.554. The van der Waals surface area contributed by atoms with E-state index in [9.17, 15) is 0 Å². The lowest BCUT2D eigenvalue weighted by Gasteiger charge is -2.06. The summed E-state index contributed by atoms with van der Waals surface area (Å²) >= 11 is 9.58. The molecular formula is C12H11BrClN. The Kier molecular flexibility index (Phi) is 4.38. The fourth-order valence-corrected chi connectivity index (χ4v) is 2.02. The summed E-state index contributed by atoms with van der Waals surface area (Å²) in [5.74, 6) is 0. The maximum Gasteiger partial charge on any atom is 0.0962 e. The van der Waals surface area contributed by atoms with Gasteiger partial charge in [-0.05, 0) is 36.6 Å². The van der Waals surface area contributed by atoms with Crippen LogP contribution in [0.4, 0.5) is 0 Å². The minimum absolute atomic E-state index is 0.554. The average molecular weight is 285 g/mol. The molecule has 0 aliphatic heterocycles. The monoisotopic (exact) mass is 283 g/mol. The van der Waals surface area contributed by atoms with Crippen LogP contribution in [0.5, 0.6) is 0 Å². The van der Waals surface area contributed by atoms with Crippen molar-refractivity contribution in [3.8, 4) is 6.07 Å². The smallest absolute Gasteiger partial charge is 0.0962 e. The molecule has 0 spiro atoms. The highest BCUT2D eigenvalue weighted by atomic mass is 79.9. The van der Waals surface area contributed by atoms with Crippen LogP contribution in [-0.4, -0.2) is 0 Å². The van der Waals surface area contributed by atoms with Gasteiger partial charge in [-0.2, -0.15) is 5.26 Å². The van der Waals surface area contributed by atoms with Gasteiger partial charge in [-0.15, -0.1) is 0 Å². The third kappa shape index (κ3) is 2.84. The number of allylic oxidation sites excluding steroid dienone is 1. The highest BCUT2D eigenvalue weighted by Gasteiger charge is 2.08. The van der Waals surface area contributed by atoms with Gasteiger partial charge in [-0.3, -0.25) is 0 Å². The van der Waals surface area contributed by atoms with Crippen LogP contribution >= 0.6 is 27.5 Å². The van der Waals surface area contributed by atoms with Crippen LogP contribution in [-0.2, 0) is 0 Å². The van der Waals surface area contributed by atoms with E-state index in [1.165, 1.54) is 0 Å². The number of nitrogens with zero attached hydrogens (tertiary/aromatic N) is 1. The molecule has 0 aliphatic carbocycles. The third-order valence-corrected chi connectivity index (χ3v) is 3.11. The van der Waals surface area contributed by atoms with Crippen molar-refractivity contribution in [1.29, 1.82) is 5.26 Å². The molecule has 0 unspecified atom stereocenters. The molecule has 0 aromatic heterocycles. The topological polar surface area (TPSA) is 23.8 Å². The van der Waals surface area contributed by atoms with Crippen molar-refractivity contribution in [2.45, 2.75) is 20.3 Å². The Bertz CT molecular complexity index is 443. The standard InChI is InChI=1S/C12H11BrClN/c1-3-9(7-15)12(14)11-6-10(13)5-4-8(11)2/h4-6H,3H2,1-2H3. The highest BCUT2D eigenvalue weighted by molar-refractivity contribution is 9.10. The molecule has 3 heteroatoms. The number of hydrogen-bond acceptors (Lipinski definition) is 1. The molecule has 1 rings (SSSR count). The largest absolute Gasteiger partial charge is 0.193 e. The van der Waals surface area contributed by atoms with E-state index < -0.39 is 0 Å². The van der Waals surface area contributed by atoms with E-state index in [2.05, 4.69) is 22.0 Å². The second-order valence-electron chi connectivity index (χ2n) is 3.22. The first-order chi connectivity index (χ1) is 7.10. The second-order valence-corrected chi connectivity index (χ2v) is 4.51. The number of benzene rings is 1. The van der Waals surface area contributed by atoms with Gasteiger partial charge < -0.3 is 0 Å². The van der Waals surface area contributed by atoms with Crippen LogP contribution in [0.1, 0.15) is 24.5 Å². The van der Waals surface area contributed by atoms with Crippen molar-refractivity contribution in [3.63, 3.8) is 0 Å². The van der Waals surface area contributed by atoms with Crippen molar-refractivity contribution >= 4 is 32.6 Å². The van der Waals surface area contributed by atoms with Gasteiger partial charge in [0.15, 0.2) is 0 Å². The predicted molar refractivity (Wildman–Crippen MR) is 67.6 cm³/mol. The summed E-state index contributed by atoms with van der Waals surface area (Å²) in [5, 5.41) is 9.47. The first-order valence-electron chi connectivity index (χ1n) is 4.65. The highest BCUT2D eigenvalue weighted by Crippen LogP contribution is 2.29. The Morgan fingerprint density at radius 3 is 2.73 bits per heavy atom. The summed E-state index contributed by atoms with van der Waals surface area (Å²) in [7, 11) is 0. The van der Waals surface area contributed by atoms with Gasteiger partial charge in [-0.1, -0.05) is 40.5 Å². The Hall–Kier alpha value is -0.780. The number of nitriles is 1. The number of rotatable bonds is 2. The Balaban J connectivity index is 3.34. The Morgan fingerprint density at radius 1 is 1.53 bits per heavy atom. The van der Waals surface area contributed by atoms with Gasteiger partial charge in [-0.25, -0.2) is 0 Å². The van der Waals surface area contributed by atoms with Crippen LogP contribution in [0.3, 0.4) is 0 Å². The summed E-state index contributed by atoms with van der Waals surface area (Å²) in [6.07, 6.45) is 0.654. The van der Waals surface area contributed by atoms with Gasteiger partial charge in [0.1, 0.15) is 0 Å². The van der Waals surface area contributed by atoms with Crippen LogP contribution in [0.25, 0.3) is 5.03 Å². The van der Waals surface area contributed by atoms with Crippen LogP contribution in [0.2, 0.25) is 0 Å². The second kappa shape index (κ2) is 5.34. The Morgan fingerprint density at radius 2 is 2.20 bits per heavy atom. The predicted octanol–water partition coefficient (Wildman–Crippen LogP) is 4.64. The molecule has 1 aromatic carbocycles. The minimum Gasteiger partial charge on any atom is -0.193 e. The molecule has 0 saturated carbocycles. The summed E-state index contributed by atoms with van der Waals surface area (Å²) in [4.78, 5) is 0. The molecule has 0 radical (unpaired) electrons. The van der Waals surface area contributed by atoms with Gasteiger partial charge in [0, 0.05) is 10.0 Å². The lowest BCUT2D eigenvalue weighted by molar-refractivity contribution is 1.16. The number of halogens is 2. The van der Waals surface area contributed by atoms with Crippen LogP contribution in [0, 0.1) is 18.3 Å². The quantitative estimate of drug-likeness (QED) is 0.726. The lowest BCUT2D eigenvalue weighted by Crippen LogP contribution is -1.88. The summed E-state index contributed by atoms with van der Waals surface area (Å²) in [6.45, 7) is 3.91. The maximum atomic E-state index is 8.91. The van der Waals surface area contributed by atoms with E-state index in [1.54, 1.807) is 0 Å². The van der Waals surface area contributed by atoms with Crippen molar-refractivity contribution in [2.75, 3.05) is 0 Å². The van der Waals surface area contributed by atoms with E-state index in [0.717, 1.165) is 15.6 Å². The van der Waals surface area contributed by atoms with Crippen molar-refractivity contribution in [1.82, 2.24) is 0 Å². The molecule has 0 fully saturated rings. The molecule has 1 aromatic rings. The molecule has 1 nitrogen and oxygen atoms in total. The van der Waals surface area contributed by atoms with Crippen molar-refractivity contribution in [2.24, 2.45) is 0 Å². The first kappa shape index (κ1) is 12.3. The third-order valence-electron chi connectivity index (χ3n) is 2.19. The van der Waals surface area contributed by atoms with Gasteiger partial charge in [0.05, 0.1) is 11.1 Å². The van der Waals surface area contributed by atoms with Crippen molar-refractivity contribution in [3.05, 3.63) is 39.4 Å². The molecule has 15 heavy (non-hydrogen) atoms.